The molecule has 0 saturated carbocycles. The predicted octanol–water partition coefficient (Wildman–Crippen LogP) is 4.64. The number of nitrogens with two attached hydrogens (primary N) is 1. The third-order valence-corrected chi connectivity index (χ3v) is 3.17. The second-order valence-corrected chi connectivity index (χ2v) is 4.92. The SMILES string of the molecule is Nc1ccc(Oc2cccc(OCc3ccccc3)c2)cc1. The van der Waals surface area contributed by atoms with Crippen LogP contribution in [0.5, 0.6) is 17.2 Å². The van der Waals surface area contributed by atoms with Crippen LogP contribution in [0.2, 0.25) is 0 Å². The van der Waals surface area contributed by atoms with Gasteiger partial charge in [0.25, 0.3) is 0 Å². The van der Waals surface area contributed by atoms with Gasteiger partial charge in [0, 0.05) is 11.8 Å². The molecule has 0 amide bonds. The molecule has 3 aromatic rings. The molecule has 0 heterocycles. The molecule has 22 heavy (non-hydrogen) atoms. The summed E-state index contributed by atoms with van der Waals surface area (Å²) in [5, 5.41) is 0. The van der Waals surface area contributed by atoms with Gasteiger partial charge in [-0.15, -0.1) is 0 Å². The molecule has 3 aromatic carbocycles. The Kier molecular flexibility index (Phi) is 4.25. The van der Waals surface area contributed by atoms with E-state index in [9.17, 15) is 0 Å². The second-order valence-electron chi connectivity index (χ2n) is 4.92. The van der Waals surface area contributed by atoms with E-state index in [1.165, 1.54) is 0 Å². The maximum atomic E-state index is 5.79. The maximum absolute atomic E-state index is 5.79. The highest BCUT2D eigenvalue weighted by molar-refractivity contribution is 5.43. The highest BCUT2D eigenvalue weighted by Gasteiger charge is 2.01. The molecular formula is C19H17NO2. The summed E-state index contributed by atoms with van der Waals surface area (Å²) >= 11 is 0. The average molecular weight is 291 g/mol. The smallest absolute Gasteiger partial charge is 0.131 e. The van der Waals surface area contributed by atoms with Crippen molar-refractivity contribution in [2.24, 2.45) is 0 Å². The van der Waals surface area contributed by atoms with Crippen LogP contribution in [-0.4, -0.2) is 0 Å². The van der Waals surface area contributed by atoms with Crippen molar-refractivity contribution in [3.05, 3.63) is 84.4 Å². The van der Waals surface area contributed by atoms with Crippen LogP contribution in [0.3, 0.4) is 0 Å². The first-order valence-electron chi connectivity index (χ1n) is 7.10. The topological polar surface area (TPSA) is 44.5 Å². The first kappa shape index (κ1) is 14.0. The summed E-state index contributed by atoms with van der Waals surface area (Å²) in [5.41, 5.74) is 7.51. The molecule has 0 aliphatic carbocycles. The number of rotatable bonds is 5. The van der Waals surface area contributed by atoms with Gasteiger partial charge in [0.2, 0.25) is 0 Å². The number of hydrogen-bond donors (Lipinski definition) is 1. The van der Waals surface area contributed by atoms with Crippen molar-refractivity contribution in [3.8, 4) is 17.2 Å². The highest BCUT2D eigenvalue weighted by Crippen LogP contribution is 2.26. The Hall–Kier alpha value is -2.94. The van der Waals surface area contributed by atoms with Crippen LogP contribution in [0, 0.1) is 0 Å². The van der Waals surface area contributed by atoms with E-state index in [1.807, 2.05) is 78.9 Å². The fraction of sp³-hybridized carbons (Fsp3) is 0.0526. The largest absolute Gasteiger partial charge is 0.489 e. The first-order chi connectivity index (χ1) is 10.8. The molecule has 0 fully saturated rings. The molecule has 3 heteroatoms. The first-order valence-corrected chi connectivity index (χ1v) is 7.10. The molecule has 110 valence electrons. The Bertz CT molecular complexity index is 724. The number of anilines is 1. The zero-order valence-corrected chi connectivity index (χ0v) is 12.1. The maximum Gasteiger partial charge on any atom is 0.131 e. The van der Waals surface area contributed by atoms with E-state index in [-0.39, 0.29) is 0 Å². The standard InChI is InChI=1S/C19H17NO2/c20-16-9-11-17(12-10-16)22-19-8-4-7-18(13-19)21-14-15-5-2-1-3-6-15/h1-13H,14,20H2. The lowest BCUT2D eigenvalue weighted by Gasteiger charge is -2.09. The Morgan fingerprint density at radius 3 is 2.18 bits per heavy atom. The minimum atomic E-state index is 0.534. The van der Waals surface area contributed by atoms with Crippen molar-refractivity contribution >= 4 is 5.69 Å². The lowest BCUT2D eigenvalue weighted by molar-refractivity contribution is 0.304. The average Bonchev–Trinajstić information content (AvgIpc) is 2.57. The van der Waals surface area contributed by atoms with E-state index < -0.39 is 0 Å². The third kappa shape index (κ3) is 3.79. The van der Waals surface area contributed by atoms with Gasteiger partial charge in [0.1, 0.15) is 23.9 Å². The van der Waals surface area contributed by atoms with Gasteiger partial charge in [-0.05, 0) is 42.0 Å². The minimum absolute atomic E-state index is 0.534. The van der Waals surface area contributed by atoms with Crippen LogP contribution < -0.4 is 15.2 Å². The van der Waals surface area contributed by atoms with Crippen molar-refractivity contribution in [2.45, 2.75) is 6.61 Å². The second kappa shape index (κ2) is 6.68. The monoisotopic (exact) mass is 291 g/mol. The summed E-state index contributed by atoms with van der Waals surface area (Å²) in [6.45, 7) is 0.534. The molecule has 3 rings (SSSR count). The lowest BCUT2D eigenvalue weighted by atomic mass is 10.2. The quantitative estimate of drug-likeness (QED) is 0.696. The number of benzene rings is 3. The summed E-state index contributed by atoms with van der Waals surface area (Å²) < 4.78 is 11.6. The molecule has 3 nitrogen and oxygen atoms in total. The molecule has 0 aromatic heterocycles. The van der Waals surface area contributed by atoms with E-state index in [2.05, 4.69) is 0 Å². The Balaban J connectivity index is 1.66. The van der Waals surface area contributed by atoms with E-state index in [1.54, 1.807) is 0 Å². The van der Waals surface area contributed by atoms with E-state index in [0.717, 1.165) is 22.8 Å². The third-order valence-electron chi connectivity index (χ3n) is 3.17. The van der Waals surface area contributed by atoms with Gasteiger partial charge in [0.15, 0.2) is 0 Å². The Morgan fingerprint density at radius 1 is 0.682 bits per heavy atom. The van der Waals surface area contributed by atoms with Crippen LogP contribution in [0.1, 0.15) is 5.56 Å². The predicted molar refractivity (Wildman–Crippen MR) is 88.1 cm³/mol. The molecule has 0 aliphatic heterocycles. The van der Waals surface area contributed by atoms with Gasteiger partial charge in [-0.25, -0.2) is 0 Å². The summed E-state index contributed by atoms with van der Waals surface area (Å²) in [6.07, 6.45) is 0. The van der Waals surface area contributed by atoms with Gasteiger partial charge in [-0.1, -0.05) is 36.4 Å². The molecule has 0 radical (unpaired) electrons. The van der Waals surface area contributed by atoms with Crippen LogP contribution >= 0.6 is 0 Å². The zero-order valence-electron chi connectivity index (χ0n) is 12.1. The van der Waals surface area contributed by atoms with E-state index in [0.29, 0.717) is 12.3 Å². The molecule has 0 atom stereocenters. The fourth-order valence-electron chi connectivity index (χ4n) is 2.04. The van der Waals surface area contributed by atoms with Crippen molar-refractivity contribution in [1.82, 2.24) is 0 Å². The van der Waals surface area contributed by atoms with Crippen LogP contribution in [0.15, 0.2) is 78.9 Å². The van der Waals surface area contributed by atoms with Crippen LogP contribution in [0.4, 0.5) is 5.69 Å². The van der Waals surface area contributed by atoms with Crippen LogP contribution in [0.25, 0.3) is 0 Å². The van der Waals surface area contributed by atoms with Crippen molar-refractivity contribution in [2.75, 3.05) is 5.73 Å². The highest BCUT2D eigenvalue weighted by atomic mass is 16.5. The minimum Gasteiger partial charge on any atom is -0.489 e. The van der Waals surface area contributed by atoms with Gasteiger partial charge in [-0.3, -0.25) is 0 Å². The van der Waals surface area contributed by atoms with Gasteiger partial charge in [0.05, 0.1) is 0 Å². The Morgan fingerprint density at radius 2 is 1.41 bits per heavy atom. The van der Waals surface area contributed by atoms with E-state index >= 15 is 0 Å². The summed E-state index contributed by atoms with van der Waals surface area (Å²) in [7, 11) is 0. The summed E-state index contributed by atoms with van der Waals surface area (Å²) in [6, 6.07) is 25.0. The molecule has 0 unspecified atom stereocenters. The molecular weight excluding hydrogens is 274 g/mol. The molecule has 0 bridgehead atoms. The number of ether oxygens (including phenoxy) is 2. The molecule has 0 spiro atoms. The zero-order chi connectivity index (χ0) is 15.2. The van der Waals surface area contributed by atoms with Crippen molar-refractivity contribution in [1.29, 1.82) is 0 Å². The normalized spacial score (nSPS) is 10.2. The number of hydrogen-bond acceptors (Lipinski definition) is 3. The Labute approximate surface area is 129 Å². The van der Waals surface area contributed by atoms with E-state index in [4.69, 9.17) is 15.2 Å². The fourth-order valence-corrected chi connectivity index (χ4v) is 2.04. The number of nitrogen functional groups attached to an aromatic ring is 1. The lowest BCUT2D eigenvalue weighted by Crippen LogP contribution is -1.95. The van der Waals surface area contributed by atoms with Gasteiger partial charge >= 0.3 is 0 Å². The van der Waals surface area contributed by atoms with Crippen molar-refractivity contribution < 1.29 is 9.47 Å². The van der Waals surface area contributed by atoms with Crippen LogP contribution in [-0.2, 0) is 6.61 Å². The summed E-state index contributed by atoms with van der Waals surface area (Å²) in [4.78, 5) is 0. The van der Waals surface area contributed by atoms with Gasteiger partial charge < -0.3 is 15.2 Å². The summed E-state index contributed by atoms with van der Waals surface area (Å²) in [5.74, 6) is 2.25. The molecule has 0 aliphatic rings. The van der Waals surface area contributed by atoms with Gasteiger partial charge in [-0.2, -0.15) is 0 Å². The molecule has 0 saturated heterocycles. The molecule has 2 N–H and O–H groups in total. The van der Waals surface area contributed by atoms with Crippen molar-refractivity contribution in [3.63, 3.8) is 0 Å².